The van der Waals surface area contributed by atoms with Crippen LogP contribution in [0.15, 0.2) is 47.1 Å². The zero-order valence-corrected chi connectivity index (χ0v) is 15.8. The maximum Gasteiger partial charge on any atom is 0.272 e. The molecule has 8 heteroatoms. The second-order valence-corrected chi connectivity index (χ2v) is 7.03. The number of aromatic amines is 1. The molecule has 7 nitrogen and oxygen atoms in total. The highest BCUT2D eigenvalue weighted by Gasteiger charge is 2.28. The second kappa shape index (κ2) is 7.90. The number of furan rings is 1. The minimum atomic E-state index is -0.297. The summed E-state index contributed by atoms with van der Waals surface area (Å²) in [6.45, 7) is 1.20. The Morgan fingerprint density at radius 1 is 1.25 bits per heavy atom. The van der Waals surface area contributed by atoms with Crippen LogP contribution in [-0.4, -0.2) is 33.5 Å². The molecular formula is C20H19ClN4O3. The van der Waals surface area contributed by atoms with E-state index in [2.05, 4.69) is 15.5 Å². The van der Waals surface area contributed by atoms with Gasteiger partial charge in [0.1, 0.15) is 5.76 Å². The first-order valence-electron chi connectivity index (χ1n) is 8.99. The van der Waals surface area contributed by atoms with Gasteiger partial charge < -0.3 is 14.6 Å². The number of hydrogen-bond donors (Lipinski definition) is 2. The highest BCUT2D eigenvalue weighted by atomic mass is 35.5. The van der Waals surface area contributed by atoms with Gasteiger partial charge in [-0.25, -0.2) is 0 Å². The fourth-order valence-electron chi connectivity index (χ4n) is 3.28. The fraction of sp³-hybridized carbons (Fsp3) is 0.250. The van der Waals surface area contributed by atoms with Gasteiger partial charge in [0, 0.05) is 35.8 Å². The van der Waals surface area contributed by atoms with Gasteiger partial charge in [-0.3, -0.25) is 14.7 Å². The summed E-state index contributed by atoms with van der Waals surface area (Å²) in [6, 6.07) is 10.9. The minimum Gasteiger partial charge on any atom is -0.467 e. The number of nitrogens with one attached hydrogen (secondary N) is 2. The molecule has 0 unspecified atom stereocenters. The quantitative estimate of drug-likeness (QED) is 0.691. The maximum absolute atomic E-state index is 12.7. The fourth-order valence-corrected chi connectivity index (χ4v) is 3.48. The molecule has 0 radical (unpaired) electrons. The van der Waals surface area contributed by atoms with Crippen LogP contribution in [0.4, 0.5) is 0 Å². The van der Waals surface area contributed by atoms with E-state index in [1.54, 1.807) is 29.4 Å². The van der Waals surface area contributed by atoms with Crippen molar-refractivity contribution in [2.45, 2.75) is 25.9 Å². The van der Waals surface area contributed by atoms with Gasteiger partial charge in [0.05, 0.1) is 19.2 Å². The average Bonchev–Trinajstić information content (AvgIpc) is 3.37. The van der Waals surface area contributed by atoms with Gasteiger partial charge in [-0.2, -0.15) is 5.10 Å². The van der Waals surface area contributed by atoms with E-state index in [4.69, 9.17) is 16.0 Å². The number of halogens is 1. The third-order valence-electron chi connectivity index (χ3n) is 4.80. The van der Waals surface area contributed by atoms with Crippen molar-refractivity contribution in [3.05, 3.63) is 76.0 Å². The molecule has 0 saturated carbocycles. The first kappa shape index (κ1) is 18.3. The van der Waals surface area contributed by atoms with Gasteiger partial charge in [0.25, 0.3) is 5.91 Å². The van der Waals surface area contributed by atoms with Crippen LogP contribution in [0, 0.1) is 0 Å². The van der Waals surface area contributed by atoms with E-state index in [1.165, 1.54) is 0 Å². The summed E-state index contributed by atoms with van der Waals surface area (Å²) in [5.74, 6) is 0.338. The summed E-state index contributed by atoms with van der Waals surface area (Å²) in [6.07, 6.45) is 2.41. The Bertz CT molecular complexity index is 997. The van der Waals surface area contributed by atoms with Crippen LogP contribution in [0.1, 0.15) is 33.1 Å². The van der Waals surface area contributed by atoms with Crippen molar-refractivity contribution in [2.75, 3.05) is 6.54 Å². The largest absolute Gasteiger partial charge is 0.467 e. The minimum absolute atomic E-state index is 0.0260. The number of hydrogen-bond acceptors (Lipinski definition) is 4. The third-order valence-corrected chi connectivity index (χ3v) is 5.17. The summed E-state index contributed by atoms with van der Waals surface area (Å²) in [5.41, 5.74) is 2.76. The number of rotatable bonds is 5. The van der Waals surface area contributed by atoms with Crippen molar-refractivity contribution in [1.29, 1.82) is 0 Å². The number of nitrogens with zero attached hydrogens (tertiary/aromatic N) is 2. The molecule has 0 aliphatic carbocycles. The smallest absolute Gasteiger partial charge is 0.272 e. The van der Waals surface area contributed by atoms with Gasteiger partial charge in [-0.1, -0.05) is 29.8 Å². The topological polar surface area (TPSA) is 91.2 Å². The van der Waals surface area contributed by atoms with Gasteiger partial charge in [-0.05, 0) is 23.8 Å². The van der Waals surface area contributed by atoms with Crippen molar-refractivity contribution in [2.24, 2.45) is 0 Å². The molecule has 1 aliphatic heterocycles. The van der Waals surface area contributed by atoms with E-state index in [1.807, 2.05) is 18.2 Å². The zero-order valence-electron chi connectivity index (χ0n) is 15.1. The second-order valence-electron chi connectivity index (χ2n) is 6.62. The van der Waals surface area contributed by atoms with Crippen LogP contribution < -0.4 is 5.32 Å². The highest BCUT2D eigenvalue weighted by molar-refractivity contribution is 6.31. The standard InChI is InChI=1S/C20H19ClN4O3/c21-16-6-2-1-4-13(16)10-18(26)25-8-7-17-15(12-25)19(24-23-17)20(27)22-11-14-5-3-9-28-14/h1-6,9H,7-8,10-12H2,(H,22,27)(H,23,24). The monoisotopic (exact) mass is 398 g/mol. The summed E-state index contributed by atoms with van der Waals surface area (Å²) in [4.78, 5) is 27.0. The summed E-state index contributed by atoms with van der Waals surface area (Å²) < 4.78 is 5.22. The number of carbonyl (C=O) groups excluding carboxylic acids is 2. The predicted molar refractivity (Wildman–Crippen MR) is 103 cm³/mol. The molecular weight excluding hydrogens is 380 g/mol. The van der Waals surface area contributed by atoms with E-state index < -0.39 is 0 Å². The molecule has 0 spiro atoms. The molecule has 1 aliphatic rings. The Kier molecular flexibility index (Phi) is 5.16. The number of H-pyrrole nitrogens is 1. The first-order valence-corrected chi connectivity index (χ1v) is 9.37. The van der Waals surface area contributed by atoms with Crippen molar-refractivity contribution in [1.82, 2.24) is 20.4 Å². The Morgan fingerprint density at radius 2 is 2.11 bits per heavy atom. The lowest BCUT2D eigenvalue weighted by atomic mass is 10.0. The SMILES string of the molecule is O=C(NCc1ccco1)c1n[nH]c2c1CN(C(=O)Cc1ccccc1Cl)CC2. The maximum atomic E-state index is 12.7. The molecule has 2 aromatic heterocycles. The van der Waals surface area contributed by atoms with Crippen LogP contribution in [0.2, 0.25) is 5.02 Å². The number of aromatic nitrogens is 2. The van der Waals surface area contributed by atoms with Crippen LogP contribution in [0.3, 0.4) is 0 Å². The van der Waals surface area contributed by atoms with Crippen LogP contribution in [0.25, 0.3) is 0 Å². The van der Waals surface area contributed by atoms with Gasteiger partial charge in [0.15, 0.2) is 5.69 Å². The molecule has 0 saturated heterocycles. The molecule has 2 N–H and O–H groups in total. The van der Waals surface area contributed by atoms with Gasteiger partial charge in [-0.15, -0.1) is 0 Å². The number of fused-ring (bicyclic) bond motifs is 1. The van der Waals surface area contributed by atoms with Crippen molar-refractivity contribution in [3.63, 3.8) is 0 Å². The van der Waals surface area contributed by atoms with Crippen molar-refractivity contribution < 1.29 is 14.0 Å². The van der Waals surface area contributed by atoms with E-state index in [0.29, 0.717) is 36.0 Å². The molecule has 1 aromatic carbocycles. The van der Waals surface area contributed by atoms with E-state index in [-0.39, 0.29) is 24.8 Å². The Morgan fingerprint density at radius 3 is 2.89 bits per heavy atom. The molecule has 0 bridgehead atoms. The zero-order chi connectivity index (χ0) is 19.5. The molecule has 3 heterocycles. The lowest BCUT2D eigenvalue weighted by Gasteiger charge is -2.27. The van der Waals surface area contributed by atoms with Crippen LogP contribution in [0.5, 0.6) is 0 Å². The summed E-state index contributed by atoms with van der Waals surface area (Å²) in [5, 5.41) is 10.5. The number of amides is 2. The molecule has 0 fully saturated rings. The molecule has 0 atom stereocenters. The molecule has 3 aromatic rings. The Balaban J connectivity index is 1.44. The lowest BCUT2D eigenvalue weighted by Crippen LogP contribution is -2.37. The normalized spacial score (nSPS) is 13.2. The lowest BCUT2D eigenvalue weighted by molar-refractivity contribution is -0.131. The molecule has 28 heavy (non-hydrogen) atoms. The Hall–Kier alpha value is -3.06. The van der Waals surface area contributed by atoms with Crippen molar-refractivity contribution >= 4 is 23.4 Å². The predicted octanol–water partition coefficient (Wildman–Crippen LogP) is 2.71. The third kappa shape index (κ3) is 3.80. The number of benzene rings is 1. The summed E-state index contributed by atoms with van der Waals surface area (Å²) >= 11 is 6.17. The van der Waals surface area contributed by atoms with Crippen LogP contribution >= 0.6 is 11.6 Å². The average molecular weight is 399 g/mol. The van der Waals surface area contributed by atoms with Crippen LogP contribution in [-0.2, 0) is 30.7 Å². The highest BCUT2D eigenvalue weighted by Crippen LogP contribution is 2.22. The number of carbonyl (C=O) groups is 2. The molecule has 2 amide bonds. The van der Waals surface area contributed by atoms with Crippen molar-refractivity contribution in [3.8, 4) is 0 Å². The van der Waals surface area contributed by atoms with E-state index in [9.17, 15) is 9.59 Å². The molecule has 144 valence electrons. The van der Waals surface area contributed by atoms with Gasteiger partial charge >= 0.3 is 0 Å². The first-order chi connectivity index (χ1) is 13.6. The Labute approximate surface area is 166 Å². The van der Waals surface area contributed by atoms with Gasteiger partial charge in [0.2, 0.25) is 5.91 Å². The summed E-state index contributed by atoms with van der Waals surface area (Å²) in [7, 11) is 0. The van der Waals surface area contributed by atoms with E-state index in [0.717, 1.165) is 16.8 Å². The van der Waals surface area contributed by atoms with E-state index >= 15 is 0 Å². The molecule has 4 rings (SSSR count).